The molecule has 120 valence electrons. The third-order valence-electron chi connectivity index (χ3n) is 4.11. The van der Waals surface area contributed by atoms with E-state index in [0.29, 0.717) is 23.2 Å². The van der Waals surface area contributed by atoms with E-state index >= 15 is 0 Å². The van der Waals surface area contributed by atoms with Crippen molar-refractivity contribution < 1.29 is 14.1 Å². The van der Waals surface area contributed by atoms with Gasteiger partial charge in [0.25, 0.3) is 11.8 Å². The largest absolute Gasteiger partial charge is 0.482 e. The molecule has 1 saturated heterocycles. The number of carbonyl (C=O) groups excluding carboxylic acids is 1. The van der Waals surface area contributed by atoms with Gasteiger partial charge in [-0.1, -0.05) is 5.16 Å². The Labute approximate surface area is 132 Å². The van der Waals surface area contributed by atoms with E-state index in [4.69, 9.17) is 9.26 Å². The van der Waals surface area contributed by atoms with Gasteiger partial charge in [-0.15, -0.1) is 0 Å². The van der Waals surface area contributed by atoms with Crippen LogP contribution in [0.1, 0.15) is 11.9 Å². The van der Waals surface area contributed by atoms with E-state index < -0.39 is 0 Å². The zero-order chi connectivity index (χ0) is 15.8. The molecule has 2 aliphatic rings. The Balaban J connectivity index is 1.61. The molecule has 0 aliphatic carbocycles. The normalized spacial score (nSPS) is 21.4. The number of fused-ring (bicyclic) bond motifs is 1. The standard InChI is InChI=1S/C15H17N5O3/c1-20-5-4-16-7-11(20)14-18-15(23-19-14)9-2-3-12-10(6-9)17-13(21)8-22-12/h2-3,6,11,16H,4-5,7-8H2,1H3,(H,17,21). The van der Waals surface area contributed by atoms with Crippen molar-refractivity contribution in [2.75, 3.05) is 38.6 Å². The number of benzene rings is 1. The van der Waals surface area contributed by atoms with Crippen molar-refractivity contribution in [2.24, 2.45) is 0 Å². The molecule has 23 heavy (non-hydrogen) atoms. The molecule has 1 fully saturated rings. The zero-order valence-electron chi connectivity index (χ0n) is 12.7. The predicted molar refractivity (Wildman–Crippen MR) is 82.1 cm³/mol. The van der Waals surface area contributed by atoms with E-state index in [1.807, 2.05) is 13.1 Å². The third-order valence-corrected chi connectivity index (χ3v) is 4.11. The highest BCUT2D eigenvalue weighted by molar-refractivity contribution is 5.96. The van der Waals surface area contributed by atoms with Gasteiger partial charge in [0, 0.05) is 25.2 Å². The molecule has 0 spiro atoms. The fourth-order valence-electron chi connectivity index (χ4n) is 2.80. The monoisotopic (exact) mass is 315 g/mol. The highest BCUT2D eigenvalue weighted by Gasteiger charge is 2.26. The van der Waals surface area contributed by atoms with Gasteiger partial charge in [0.1, 0.15) is 5.75 Å². The summed E-state index contributed by atoms with van der Waals surface area (Å²) in [5.41, 5.74) is 1.37. The van der Waals surface area contributed by atoms with Crippen LogP contribution in [0.2, 0.25) is 0 Å². The van der Waals surface area contributed by atoms with E-state index in [1.54, 1.807) is 12.1 Å². The number of aromatic nitrogens is 2. The molecule has 2 N–H and O–H groups in total. The number of amides is 1. The third kappa shape index (κ3) is 2.66. The Morgan fingerprint density at radius 1 is 1.39 bits per heavy atom. The first-order valence-corrected chi connectivity index (χ1v) is 7.52. The number of nitrogens with one attached hydrogen (secondary N) is 2. The molecule has 1 amide bonds. The maximum Gasteiger partial charge on any atom is 0.262 e. The van der Waals surface area contributed by atoms with Crippen LogP contribution in [0.15, 0.2) is 22.7 Å². The maximum atomic E-state index is 11.4. The molecular formula is C15H17N5O3. The van der Waals surface area contributed by atoms with Gasteiger partial charge in [0.05, 0.1) is 11.7 Å². The number of likely N-dealkylation sites (N-methyl/N-ethyl adjacent to an activating group) is 1. The molecule has 2 aliphatic heterocycles. The van der Waals surface area contributed by atoms with Crippen LogP contribution >= 0.6 is 0 Å². The SMILES string of the molecule is CN1CCNCC1c1noc(-c2ccc3c(c2)NC(=O)CO3)n1. The van der Waals surface area contributed by atoms with Crippen molar-refractivity contribution in [1.82, 2.24) is 20.4 Å². The van der Waals surface area contributed by atoms with Crippen molar-refractivity contribution in [3.63, 3.8) is 0 Å². The van der Waals surface area contributed by atoms with E-state index in [0.717, 1.165) is 25.2 Å². The summed E-state index contributed by atoms with van der Waals surface area (Å²) in [7, 11) is 2.05. The summed E-state index contributed by atoms with van der Waals surface area (Å²) < 4.78 is 10.7. The second-order valence-corrected chi connectivity index (χ2v) is 5.71. The molecule has 0 bridgehead atoms. The van der Waals surface area contributed by atoms with Crippen LogP contribution in [0.5, 0.6) is 5.75 Å². The summed E-state index contributed by atoms with van der Waals surface area (Å²) >= 11 is 0. The van der Waals surface area contributed by atoms with Gasteiger partial charge in [0.2, 0.25) is 0 Å². The quantitative estimate of drug-likeness (QED) is 0.840. The molecular weight excluding hydrogens is 298 g/mol. The molecule has 1 aromatic heterocycles. The van der Waals surface area contributed by atoms with Crippen LogP contribution in [-0.4, -0.2) is 54.2 Å². The van der Waals surface area contributed by atoms with E-state index in [-0.39, 0.29) is 18.6 Å². The van der Waals surface area contributed by atoms with Gasteiger partial charge in [-0.2, -0.15) is 4.98 Å². The zero-order valence-corrected chi connectivity index (χ0v) is 12.7. The summed E-state index contributed by atoms with van der Waals surface area (Å²) in [6, 6.07) is 5.52. The average Bonchev–Trinajstić information content (AvgIpc) is 3.04. The van der Waals surface area contributed by atoms with Crippen molar-refractivity contribution in [3.05, 3.63) is 24.0 Å². The van der Waals surface area contributed by atoms with Gasteiger partial charge >= 0.3 is 0 Å². The number of ether oxygens (including phenoxy) is 1. The second-order valence-electron chi connectivity index (χ2n) is 5.71. The average molecular weight is 315 g/mol. The molecule has 1 unspecified atom stereocenters. The second kappa shape index (κ2) is 5.64. The molecule has 2 aromatic rings. The smallest absolute Gasteiger partial charge is 0.262 e. The lowest BCUT2D eigenvalue weighted by Gasteiger charge is -2.30. The highest BCUT2D eigenvalue weighted by atomic mass is 16.5. The fourth-order valence-corrected chi connectivity index (χ4v) is 2.80. The van der Waals surface area contributed by atoms with Gasteiger partial charge in [-0.05, 0) is 25.2 Å². The Morgan fingerprint density at radius 2 is 2.30 bits per heavy atom. The number of rotatable bonds is 2. The number of hydrogen-bond acceptors (Lipinski definition) is 7. The van der Waals surface area contributed by atoms with Crippen molar-refractivity contribution in [1.29, 1.82) is 0 Å². The van der Waals surface area contributed by atoms with Crippen molar-refractivity contribution in [2.45, 2.75) is 6.04 Å². The Bertz CT molecular complexity index is 744. The molecule has 1 aromatic carbocycles. The van der Waals surface area contributed by atoms with Crippen LogP contribution in [0.25, 0.3) is 11.5 Å². The Kier molecular flexibility index (Phi) is 3.47. The topological polar surface area (TPSA) is 92.5 Å². The first-order chi connectivity index (χ1) is 11.2. The van der Waals surface area contributed by atoms with Crippen LogP contribution < -0.4 is 15.4 Å². The summed E-state index contributed by atoms with van der Waals surface area (Å²) in [5.74, 6) is 1.56. The molecule has 8 nitrogen and oxygen atoms in total. The van der Waals surface area contributed by atoms with Crippen molar-refractivity contribution >= 4 is 11.6 Å². The predicted octanol–water partition coefficient (Wildman–Crippen LogP) is 0.644. The molecule has 8 heteroatoms. The van der Waals surface area contributed by atoms with Crippen LogP contribution in [0, 0.1) is 0 Å². The molecule has 4 rings (SSSR count). The lowest BCUT2D eigenvalue weighted by Crippen LogP contribution is -2.44. The summed E-state index contributed by atoms with van der Waals surface area (Å²) in [6.07, 6.45) is 0. The van der Waals surface area contributed by atoms with Gasteiger partial charge in [0.15, 0.2) is 12.4 Å². The molecule has 0 radical (unpaired) electrons. The van der Waals surface area contributed by atoms with Crippen LogP contribution in [-0.2, 0) is 4.79 Å². The van der Waals surface area contributed by atoms with Crippen molar-refractivity contribution in [3.8, 4) is 17.2 Å². The lowest BCUT2D eigenvalue weighted by molar-refractivity contribution is -0.118. The number of carbonyl (C=O) groups is 1. The minimum absolute atomic E-state index is 0.0397. The maximum absolute atomic E-state index is 11.4. The molecule has 3 heterocycles. The summed E-state index contributed by atoms with van der Waals surface area (Å²) in [6.45, 7) is 2.74. The van der Waals surface area contributed by atoms with E-state index in [9.17, 15) is 4.79 Å². The van der Waals surface area contributed by atoms with Gasteiger partial charge < -0.3 is 19.9 Å². The Morgan fingerprint density at radius 3 is 3.17 bits per heavy atom. The summed E-state index contributed by atoms with van der Waals surface area (Å²) in [4.78, 5) is 18.1. The number of hydrogen-bond donors (Lipinski definition) is 2. The minimum atomic E-state index is -0.171. The minimum Gasteiger partial charge on any atom is -0.482 e. The summed E-state index contributed by atoms with van der Waals surface area (Å²) in [5, 5.41) is 10.2. The first kappa shape index (κ1) is 14.2. The Hall–Kier alpha value is -2.45. The van der Waals surface area contributed by atoms with E-state index in [1.165, 1.54) is 0 Å². The van der Waals surface area contributed by atoms with Crippen LogP contribution in [0.4, 0.5) is 5.69 Å². The number of nitrogens with zero attached hydrogens (tertiary/aromatic N) is 3. The number of anilines is 1. The lowest BCUT2D eigenvalue weighted by atomic mass is 10.1. The molecule has 1 atom stereocenters. The van der Waals surface area contributed by atoms with Gasteiger partial charge in [-0.3, -0.25) is 9.69 Å². The highest BCUT2D eigenvalue weighted by Crippen LogP contribution is 2.32. The first-order valence-electron chi connectivity index (χ1n) is 7.52. The van der Waals surface area contributed by atoms with Crippen LogP contribution in [0.3, 0.4) is 0 Å². The molecule has 0 saturated carbocycles. The fraction of sp³-hybridized carbons (Fsp3) is 0.400. The van der Waals surface area contributed by atoms with E-state index in [2.05, 4.69) is 25.7 Å². The number of piperazine rings is 1. The van der Waals surface area contributed by atoms with Gasteiger partial charge in [-0.25, -0.2) is 0 Å².